The molecular weight excluding hydrogens is 823 g/mol. The summed E-state index contributed by atoms with van der Waals surface area (Å²) >= 11 is 0. The highest BCUT2D eigenvalue weighted by atomic mass is 16.6. The molecule has 0 aromatic rings. The second kappa shape index (κ2) is 49.2. The van der Waals surface area contributed by atoms with Gasteiger partial charge in [-0.2, -0.15) is 0 Å². The van der Waals surface area contributed by atoms with Crippen molar-refractivity contribution in [1.29, 1.82) is 0 Å². The lowest BCUT2D eigenvalue weighted by Crippen LogP contribution is -2.50. The Morgan fingerprint density at radius 2 is 0.803 bits per heavy atom. The van der Waals surface area contributed by atoms with Crippen molar-refractivity contribution in [2.45, 2.75) is 289 Å². The molecule has 0 heterocycles. The quantitative estimate of drug-likeness (QED) is 0.0281. The Morgan fingerprint density at radius 3 is 1.17 bits per heavy atom. The van der Waals surface area contributed by atoms with Crippen LogP contribution in [0.3, 0.4) is 0 Å². The zero-order chi connectivity index (χ0) is 48.4. The number of rotatable bonds is 52. The summed E-state index contributed by atoms with van der Waals surface area (Å²) in [6.07, 6.45) is 58.0. The van der Waals surface area contributed by atoms with E-state index in [4.69, 9.17) is 14.2 Å². The van der Waals surface area contributed by atoms with E-state index in [-0.39, 0.29) is 36.2 Å². The van der Waals surface area contributed by atoms with E-state index in [2.05, 4.69) is 38.2 Å². The van der Waals surface area contributed by atoms with Crippen molar-refractivity contribution in [1.82, 2.24) is 0 Å². The summed E-state index contributed by atoms with van der Waals surface area (Å²) in [4.78, 5) is 37.3. The molecule has 0 saturated heterocycles. The van der Waals surface area contributed by atoms with Gasteiger partial charge in [-0.1, -0.05) is 237 Å². The largest absolute Gasteiger partial charge is 0.477 e. The molecule has 0 aliphatic heterocycles. The molecule has 0 spiro atoms. The third-order valence-corrected chi connectivity index (χ3v) is 13.1. The van der Waals surface area contributed by atoms with Gasteiger partial charge >= 0.3 is 17.9 Å². The number of esters is 2. The molecule has 0 amide bonds. The SMILES string of the molecule is CCCCCCC/C=C\C/C=C\CCCCCCCCCCCCCC(=O)OC(COCCC(C(=O)O)[N+](C)(C)C)COC(=O)CCCCCCCCCCCCCCCCCCCCC. The Kier molecular flexibility index (Phi) is 47.6. The van der Waals surface area contributed by atoms with Crippen LogP contribution in [-0.2, 0) is 28.6 Å². The summed E-state index contributed by atoms with van der Waals surface area (Å²) < 4.78 is 17.4. The molecule has 388 valence electrons. The molecule has 0 aliphatic carbocycles. The number of ether oxygens (including phenoxy) is 3. The fraction of sp³-hybridized carbons (Fsp3) is 0.879. The van der Waals surface area contributed by atoms with Crippen molar-refractivity contribution in [3.05, 3.63) is 24.3 Å². The molecule has 0 fully saturated rings. The van der Waals surface area contributed by atoms with E-state index < -0.39 is 18.1 Å². The number of carboxylic acid groups (broad SMARTS) is 1. The number of carbonyl (C=O) groups is 3. The maximum absolute atomic E-state index is 12.8. The summed E-state index contributed by atoms with van der Waals surface area (Å²) in [6.45, 7) is 4.78. The van der Waals surface area contributed by atoms with E-state index in [1.165, 1.54) is 199 Å². The monoisotopic (exact) mass is 933 g/mol. The Hall–Kier alpha value is -2.19. The highest BCUT2D eigenvalue weighted by molar-refractivity contribution is 5.72. The molecule has 0 aliphatic rings. The van der Waals surface area contributed by atoms with Crippen molar-refractivity contribution >= 4 is 17.9 Å². The average Bonchev–Trinajstić information content (AvgIpc) is 3.28. The number of likely N-dealkylation sites (N-methyl/N-ethyl adjacent to an activating group) is 1. The van der Waals surface area contributed by atoms with Crippen LogP contribution in [0.5, 0.6) is 0 Å². The highest BCUT2D eigenvalue weighted by Gasteiger charge is 2.31. The van der Waals surface area contributed by atoms with Gasteiger partial charge in [0.05, 0.1) is 34.4 Å². The minimum atomic E-state index is -0.871. The average molecular weight is 934 g/mol. The first-order valence-electron chi connectivity index (χ1n) is 28.4. The molecule has 8 heteroatoms. The van der Waals surface area contributed by atoms with Gasteiger partial charge in [-0.25, -0.2) is 4.79 Å². The summed E-state index contributed by atoms with van der Waals surface area (Å²) in [7, 11) is 5.55. The molecule has 0 bridgehead atoms. The third kappa shape index (κ3) is 46.9. The molecule has 0 rings (SSSR count). The minimum Gasteiger partial charge on any atom is -0.477 e. The second-order valence-electron chi connectivity index (χ2n) is 20.6. The Balaban J connectivity index is 4.15. The van der Waals surface area contributed by atoms with Gasteiger partial charge in [0.15, 0.2) is 12.1 Å². The van der Waals surface area contributed by atoms with Crippen LogP contribution in [0, 0.1) is 0 Å². The van der Waals surface area contributed by atoms with Gasteiger partial charge in [0.2, 0.25) is 0 Å². The van der Waals surface area contributed by atoms with Crippen LogP contribution in [0.2, 0.25) is 0 Å². The van der Waals surface area contributed by atoms with Gasteiger partial charge in [-0.3, -0.25) is 9.59 Å². The summed E-state index contributed by atoms with van der Waals surface area (Å²) in [5, 5.41) is 9.67. The third-order valence-electron chi connectivity index (χ3n) is 13.1. The number of nitrogens with zero attached hydrogens (tertiary/aromatic N) is 1. The number of hydrogen-bond donors (Lipinski definition) is 1. The van der Waals surface area contributed by atoms with Crippen LogP contribution < -0.4 is 0 Å². The van der Waals surface area contributed by atoms with Gasteiger partial charge in [-0.05, 0) is 44.9 Å². The number of carbonyl (C=O) groups excluding carboxylic acids is 2. The second-order valence-corrected chi connectivity index (χ2v) is 20.6. The lowest BCUT2D eigenvalue weighted by molar-refractivity contribution is -0.887. The number of aliphatic carboxylic acids is 1. The number of hydrogen-bond acceptors (Lipinski definition) is 6. The van der Waals surface area contributed by atoms with Crippen molar-refractivity contribution in [3.63, 3.8) is 0 Å². The number of allylic oxidation sites excluding steroid dienone is 4. The number of quaternary nitrogens is 1. The predicted molar refractivity (Wildman–Crippen MR) is 280 cm³/mol. The van der Waals surface area contributed by atoms with Crippen LogP contribution in [0.15, 0.2) is 24.3 Å². The molecule has 0 aromatic heterocycles. The molecule has 0 aromatic carbocycles. The smallest absolute Gasteiger partial charge is 0.362 e. The van der Waals surface area contributed by atoms with Crippen LogP contribution in [0.4, 0.5) is 0 Å². The molecule has 0 saturated carbocycles. The molecular formula is C58H110NO7+. The van der Waals surface area contributed by atoms with E-state index >= 15 is 0 Å². The Morgan fingerprint density at radius 1 is 0.455 bits per heavy atom. The standard InChI is InChI=1S/C58H109NO7/c1-6-8-10-12-14-16-18-20-22-24-26-27-28-29-31-33-35-37-39-41-43-45-47-49-57(61)66-54(52-64-51-50-55(58(62)63)59(3,4)5)53-65-56(60)48-46-44-42-40-38-36-34-32-30-25-23-21-19-17-15-13-11-9-7-2/h18,20,24,26,54-55H,6-17,19,21-23,25,27-53H2,1-5H3/p+1/b20-18-,26-24-. The van der Waals surface area contributed by atoms with Crippen LogP contribution in [0.1, 0.15) is 277 Å². The maximum atomic E-state index is 12.8. The fourth-order valence-electron chi connectivity index (χ4n) is 8.71. The van der Waals surface area contributed by atoms with Gasteiger partial charge in [-0.15, -0.1) is 0 Å². The van der Waals surface area contributed by atoms with Crippen LogP contribution >= 0.6 is 0 Å². The summed E-state index contributed by atoms with van der Waals surface area (Å²) in [5.74, 6) is -1.45. The first-order chi connectivity index (χ1) is 32.1. The lowest BCUT2D eigenvalue weighted by Gasteiger charge is -2.31. The van der Waals surface area contributed by atoms with E-state index in [1.807, 2.05) is 21.1 Å². The number of unbranched alkanes of at least 4 members (excludes halogenated alkanes) is 34. The first-order valence-corrected chi connectivity index (χ1v) is 28.4. The molecule has 2 unspecified atom stereocenters. The summed E-state index contributed by atoms with van der Waals surface area (Å²) in [5.41, 5.74) is 0. The van der Waals surface area contributed by atoms with E-state index in [0.29, 0.717) is 19.3 Å². The van der Waals surface area contributed by atoms with Crippen molar-refractivity contribution < 1.29 is 38.2 Å². The van der Waals surface area contributed by atoms with Crippen LogP contribution in [-0.4, -0.2) is 80.6 Å². The van der Waals surface area contributed by atoms with Crippen LogP contribution in [0.25, 0.3) is 0 Å². The van der Waals surface area contributed by atoms with E-state index in [0.717, 1.165) is 44.9 Å². The maximum Gasteiger partial charge on any atom is 0.362 e. The molecule has 0 radical (unpaired) electrons. The normalized spacial score (nSPS) is 12.9. The van der Waals surface area contributed by atoms with E-state index in [9.17, 15) is 19.5 Å². The summed E-state index contributed by atoms with van der Waals surface area (Å²) in [6, 6.07) is -0.613. The van der Waals surface area contributed by atoms with E-state index in [1.54, 1.807) is 0 Å². The topological polar surface area (TPSA) is 99.1 Å². The van der Waals surface area contributed by atoms with Gasteiger partial charge in [0.1, 0.15) is 6.61 Å². The van der Waals surface area contributed by atoms with Gasteiger partial charge in [0.25, 0.3) is 0 Å². The zero-order valence-corrected chi connectivity index (χ0v) is 44.4. The van der Waals surface area contributed by atoms with Crippen molar-refractivity contribution in [3.8, 4) is 0 Å². The predicted octanol–water partition coefficient (Wildman–Crippen LogP) is 16.8. The van der Waals surface area contributed by atoms with Crippen molar-refractivity contribution in [2.75, 3.05) is 41.0 Å². The Labute approximate surface area is 409 Å². The fourth-order valence-corrected chi connectivity index (χ4v) is 8.71. The van der Waals surface area contributed by atoms with Crippen molar-refractivity contribution in [2.24, 2.45) is 0 Å². The van der Waals surface area contributed by atoms with Gasteiger partial charge < -0.3 is 23.8 Å². The molecule has 66 heavy (non-hydrogen) atoms. The zero-order valence-electron chi connectivity index (χ0n) is 44.4. The molecule has 2 atom stereocenters. The Bertz CT molecular complexity index is 1130. The lowest BCUT2D eigenvalue weighted by atomic mass is 10.0. The first kappa shape index (κ1) is 63.8. The number of carboxylic acids is 1. The highest BCUT2D eigenvalue weighted by Crippen LogP contribution is 2.17. The minimum absolute atomic E-state index is 0.0460. The molecule has 8 nitrogen and oxygen atoms in total. The van der Waals surface area contributed by atoms with Gasteiger partial charge in [0, 0.05) is 19.3 Å². The molecule has 1 N–H and O–H groups in total.